The number of halogens is 1. The van der Waals surface area contributed by atoms with Crippen molar-refractivity contribution in [2.75, 3.05) is 6.54 Å². The van der Waals surface area contributed by atoms with Crippen molar-refractivity contribution in [3.63, 3.8) is 0 Å². The molecule has 0 radical (unpaired) electrons. The smallest absolute Gasteiger partial charge is 0.156 e. The van der Waals surface area contributed by atoms with E-state index in [0.717, 1.165) is 31.4 Å². The molecule has 1 aromatic rings. The highest BCUT2D eigenvalue weighted by molar-refractivity contribution is 5.89. The standard InChI is InChI=1S/C14H18FNO/c1-14(7-2-3-8-16-14)13(17)10-11-5-4-6-12(15)9-11/h4-6,9,16H,2-3,7-8,10H2,1H3. The van der Waals surface area contributed by atoms with Gasteiger partial charge in [0.15, 0.2) is 5.78 Å². The van der Waals surface area contributed by atoms with Crippen molar-refractivity contribution in [1.29, 1.82) is 0 Å². The molecular weight excluding hydrogens is 217 g/mol. The number of carbonyl (C=O) groups is 1. The summed E-state index contributed by atoms with van der Waals surface area (Å²) in [6.07, 6.45) is 3.39. The Bertz CT molecular complexity index is 410. The minimum absolute atomic E-state index is 0.155. The van der Waals surface area contributed by atoms with Crippen molar-refractivity contribution >= 4 is 5.78 Å². The molecule has 1 aliphatic heterocycles. The van der Waals surface area contributed by atoms with E-state index in [9.17, 15) is 9.18 Å². The summed E-state index contributed by atoms with van der Waals surface area (Å²) < 4.78 is 13.0. The molecule has 0 aliphatic carbocycles. The van der Waals surface area contributed by atoms with Gasteiger partial charge in [0.05, 0.1) is 5.54 Å². The molecule has 2 rings (SSSR count). The SMILES string of the molecule is CC1(C(=O)Cc2cccc(F)c2)CCCCN1. The zero-order valence-electron chi connectivity index (χ0n) is 10.1. The molecule has 1 N–H and O–H groups in total. The summed E-state index contributed by atoms with van der Waals surface area (Å²) in [4.78, 5) is 12.2. The Morgan fingerprint density at radius 2 is 2.29 bits per heavy atom. The molecule has 0 saturated carbocycles. The largest absolute Gasteiger partial charge is 0.305 e. The van der Waals surface area contributed by atoms with Gasteiger partial charge in [0.2, 0.25) is 0 Å². The first-order chi connectivity index (χ1) is 8.10. The molecule has 1 aromatic carbocycles. The maximum absolute atomic E-state index is 13.0. The molecule has 1 aliphatic rings. The highest BCUT2D eigenvalue weighted by Crippen LogP contribution is 2.21. The fourth-order valence-electron chi connectivity index (χ4n) is 2.32. The van der Waals surface area contributed by atoms with Crippen molar-refractivity contribution in [3.8, 4) is 0 Å². The summed E-state index contributed by atoms with van der Waals surface area (Å²) >= 11 is 0. The molecule has 2 nitrogen and oxygen atoms in total. The Morgan fingerprint density at radius 1 is 1.47 bits per heavy atom. The molecule has 3 heteroatoms. The number of hydrogen-bond donors (Lipinski definition) is 1. The highest BCUT2D eigenvalue weighted by atomic mass is 19.1. The minimum atomic E-state index is -0.426. The second-order valence-corrected chi connectivity index (χ2v) is 4.95. The summed E-state index contributed by atoms with van der Waals surface area (Å²) in [5, 5.41) is 3.29. The first kappa shape index (κ1) is 12.2. The average Bonchev–Trinajstić information content (AvgIpc) is 2.30. The normalized spacial score (nSPS) is 24.6. The Labute approximate surface area is 101 Å². The number of rotatable bonds is 3. The maximum Gasteiger partial charge on any atom is 0.156 e. The summed E-state index contributed by atoms with van der Waals surface area (Å²) in [7, 11) is 0. The van der Waals surface area contributed by atoms with E-state index in [2.05, 4.69) is 5.32 Å². The monoisotopic (exact) mass is 235 g/mol. The van der Waals surface area contributed by atoms with Crippen LogP contribution in [-0.2, 0) is 11.2 Å². The van der Waals surface area contributed by atoms with Crippen LogP contribution in [0, 0.1) is 5.82 Å². The molecule has 0 bridgehead atoms. The third kappa shape index (κ3) is 2.91. The Hall–Kier alpha value is -1.22. The van der Waals surface area contributed by atoms with Gasteiger partial charge in [0.25, 0.3) is 0 Å². The van der Waals surface area contributed by atoms with Crippen LogP contribution in [0.25, 0.3) is 0 Å². The van der Waals surface area contributed by atoms with Crippen molar-refractivity contribution in [2.45, 2.75) is 38.1 Å². The van der Waals surface area contributed by atoms with Crippen LogP contribution in [0.3, 0.4) is 0 Å². The van der Waals surface area contributed by atoms with Crippen LogP contribution >= 0.6 is 0 Å². The topological polar surface area (TPSA) is 29.1 Å². The average molecular weight is 235 g/mol. The Morgan fingerprint density at radius 3 is 2.94 bits per heavy atom. The quantitative estimate of drug-likeness (QED) is 0.872. The molecular formula is C14H18FNO. The second kappa shape index (κ2) is 4.96. The zero-order valence-corrected chi connectivity index (χ0v) is 10.1. The number of carbonyl (C=O) groups excluding carboxylic acids is 1. The van der Waals surface area contributed by atoms with E-state index in [1.807, 2.05) is 6.92 Å². The third-order valence-corrected chi connectivity index (χ3v) is 3.49. The van der Waals surface area contributed by atoms with E-state index in [1.54, 1.807) is 12.1 Å². The van der Waals surface area contributed by atoms with E-state index in [-0.39, 0.29) is 11.6 Å². The molecule has 1 unspecified atom stereocenters. The zero-order chi connectivity index (χ0) is 12.3. The first-order valence-corrected chi connectivity index (χ1v) is 6.13. The van der Waals surface area contributed by atoms with Gasteiger partial charge < -0.3 is 5.32 Å². The molecule has 1 heterocycles. The van der Waals surface area contributed by atoms with Crippen molar-refractivity contribution < 1.29 is 9.18 Å². The van der Waals surface area contributed by atoms with Crippen molar-refractivity contribution in [3.05, 3.63) is 35.6 Å². The molecule has 92 valence electrons. The van der Waals surface area contributed by atoms with Gasteiger partial charge in [-0.1, -0.05) is 12.1 Å². The van der Waals surface area contributed by atoms with Crippen LogP contribution < -0.4 is 5.32 Å². The van der Waals surface area contributed by atoms with Gasteiger partial charge in [-0.3, -0.25) is 4.79 Å². The molecule has 0 amide bonds. The predicted molar refractivity (Wildman–Crippen MR) is 65.4 cm³/mol. The Kier molecular flexibility index (Phi) is 3.57. The van der Waals surface area contributed by atoms with E-state index in [0.29, 0.717) is 6.42 Å². The van der Waals surface area contributed by atoms with Crippen LogP contribution in [0.1, 0.15) is 31.7 Å². The van der Waals surface area contributed by atoms with Crippen LogP contribution in [-0.4, -0.2) is 17.9 Å². The lowest BCUT2D eigenvalue weighted by molar-refractivity contribution is -0.125. The highest BCUT2D eigenvalue weighted by Gasteiger charge is 2.33. The summed E-state index contributed by atoms with van der Waals surface area (Å²) in [6.45, 7) is 2.85. The van der Waals surface area contributed by atoms with E-state index in [1.165, 1.54) is 12.1 Å². The molecule has 0 aromatic heterocycles. The number of piperidine rings is 1. The lowest BCUT2D eigenvalue weighted by Crippen LogP contribution is -2.52. The lowest BCUT2D eigenvalue weighted by atomic mass is 9.84. The van der Waals surface area contributed by atoms with Crippen LogP contribution in [0.15, 0.2) is 24.3 Å². The van der Waals surface area contributed by atoms with Crippen molar-refractivity contribution in [2.24, 2.45) is 0 Å². The van der Waals surface area contributed by atoms with Crippen molar-refractivity contribution in [1.82, 2.24) is 5.32 Å². The number of benzene rings is 1. The van der Waals surface area contributed by atoms with E-state index < -0.39 is 5.54 Å². The van der Waals surface area contributed by atoms with Crippen LogP contribution in [0.4, 0.5) is 4.39 Å². The molecule has 1 saturated heterocycles. The van der Waals surface area contributed by atoms with Gasteiger partial charge in [-0.05, 0) is 50.4 Å². The van der Waals surface area contributed by atoms with Crippen LogP contribution in [0.5, 0.6) is 0 Å². The predicted octanol–water partition coefficient (Wildman–Crippen LogP) is 2.47. The maximum atomic E-state index is 13.0. The summed E-state index contributed by atoms with van der Waals surface area (Å²) in [6, 6.07) is 6.28. The molecule has 17 heavy (non-hydrogen) atoms. The van der Waals surface area contributed by atoms with Gasteiger partial charge in [-0.2, -0.15) is 0 Å². The van der Waals surface area contributed by atoms with Gasteiger partial charge in [-0.25, -0.2) is 4.39 Å². The molecule has 0 spiro atoms. The number of nitrogens with one attached hydrogen (secondary N) is 1. The summed E-state index contributed by atoms with van der Waals surface area (Å²) in [5.74, 6) is -0.125. The number of Topliss-reactive ketones (excluding diaryl/α,β-unsaturated/α-hetero) is 1. The lowest BCUT2D eigenvalue weighted by Gasteiger charge is -2.33. The summed E-state index contributed by atoms with van der Waals surface area (Å²) in [5.41, 5.74) is 0.327. The fraction of sp³-hybridized carbons (Fsp3) is 0.500. The van der Waals surface area contributed by atoms with Gasteiger partial charge >= 0.3 is 0 Å². The fourth-order valence-corrected chi connectivity index (χ4v) is 2.32. The van der Waals surface area contributed by atoms with Gasteiger partial charge in [-0.15, -0.1) is 0 Å². The third-order valence-electron chi connectivity index (χ3n) is 3.49. The second-order valence-electron chi connectivity index (χ2n) is 4.95. The minimum Gasteiger partial charge on any atom is -0.305 e. The van der Waals surface area contributed by atoms with Crippen LogP contribution in [0.2, 0.25) is 0 Å². The number of hydrogen-bond acceptors (Lipinski definition) is 2. The van der Waals surface area contributed by atoms with E-state index in [4.69, 9.17) is 0 Å². The number of ketones is 1. The molecule has 1 atom stereocenters. The van der Waals surface area contributed by atoms with E-state index >= 15 is 0 Å². The Balaban J connectivity index is 2.05. The first-order valence-electron chi connectivity index (χ1n) is 6.13. The van der Waals surface area contributed by atoms with Gasteiger partial charge in [0.1, 0.15) is 5.82 Å². The molecule has 1 fully saturated rings. The van der Waals surface area contributed by atoms with Gasteiger partial charge in [0, 0.05) is 6.42 Å².